The average Bonchev–Trinajstić information content (AvgIpc) is 2.02. The molecular weight excluding hydrogens is 232 g/mol. The third kappa shape index (κ3) is 2.92. The van der Waals surface area contributed by atoms with Crippen molar-refractivity contribution >= 4 is 21.9 Å². The highest BCUT2D eigenvalue weighted by atomic mass is 79.9. The van der Waals surface area contributed by atoms with Gasteiger partial charge in [-0.3, -0.25) is 0 Å². The number of halogens is 1. The second-order valence-corrected chi connectivity index (χ2v) is 3.39. The van der Waals surface area contributed by atoms with Crippen LogP contribution in [0.3, 0.4) is 0 Å². The predicted octanol–water partition coefficient (Wildman–Crippen LogP) is 2.19. The summed E-state index contributed by atoms with van der Waals surface area (Å²) in [7, 11) is 0. The van der Waals surface area contributed by atoms with Crippen molar-refractivity contribution in [2.75, 3.05) is 0 Å². The zero-order valence-electron chi connectivity index (χ0n) is 6.97. The normalized spacial score (nSPS) is 8.77. The van der Waals surface area contributed by atoms with Crippen LogP contribution in [0.2, 0.25) is 0 Å². The van der Waals surface area contributed by atoms with E-state index in [1.807, 2.05) is 19.1 Å². The largest absolute Gasteiger partial charge is 0.472 e. The summed E-state index contributed by atoms with van der Waals surface area (Å²) < 4.78 is 0.821. The third-order valence-corrected chi connectivity index (χ3v) is 2.08. The summed E-state index contributed by atoms with van der Waals surface area (Å²) in [4.78, 5) is 10.2. The van der Waals surface area contributed by atoms with Crippen LogP contribution in [0.15, 0.2) is 22.7 Å². The van der Waals surface area contributed by atoms with Crippen molar-refractivity contribution < 1.29 is 9.90 Å². The monoisotopic (exact) mass is 238 g/mol. The molecule has 3 heteroatoms. The number of aliphatic carboxylic acids is 1. The van der Waals surface area contributed by atoms with Gasteiger partial charge in [-0.05, 0) is 40.5 Å². The lowest BCUT2D eigenvalue weighted by molar-refractivity contribution is -0.130. The first kappa shape index (κ1) is 9.82. The van der Waals surface area contributed by atoms with E-state index in [9.17, 15) is 4.79 Å². The summed E-state index contributed by atoms with van der Waals surface area (Å²) in [6, 6.07) is 5.57. The van der Waals surface area contributed by atoms with Crippen molar-refractivity contribution in [2.45, 2.75) is 6.92 Å². The number of aryl methyl sites for hydroxylation is 1. The number of hydrogen-bond acceptors (Lipinski definition) is 1. The molecule has 0 aliphatic rings. The van der Waals surface area contributed by atoms with Gasteiger partial charge in [0.2, 0.25) is 0 Å². The van der Waals surface area contributed by atoms with Crippen molar-refractivity contribution in [1.29, 1.82) is 0 Å². The highest BCUT2D eigenvalue weighted by Gasteiger charge is 1.95. The van der Waals surface area contributed by atoms with E-state index in [1.54, 1.807) is 6.07 Å². The van der Waals surface area contributed by atoms with E-state index in [4.69, 9.17) is 5.11 Å². The van der Waals surface area contributed by atoms with Gasteiger partial charge in [0.15, 0.2) is 0 Å². The van der Waals surface area contributed by atoms with Gasteiger partial charge in [-0.15, -0.1) is 0 Å². The molecule has 0 atom stereocenters. The topological polar surface area (TPSA) is 37.3 Å². The lowest BCUT2D eigenvalue weighted by Crippen LogP contribution is -1.87. The molecule has 0 aromatic heterocycles. The minimum Gasteiger partial charge on any atom is -0.472 e. The number of benzene rings is 1. The fourth-order valence-corrected chi connectivity index (χ4v) is 1.43. The molecule has 0 fully saturated rings. The third-order valence-electron chi connectivity index (χ3n) is 1.43. The Balaban J connectivity index is 3.05. The molecule has 1 aromatic carbocycles. The van der Waals surface area contributed by atoms with E-state index in [-0.39, 0.29) is 0 Å². The Morgan fingerprint density at radius 3 is 2.77 bits per heavy atom. The molecule has 0 aliphatic heterocycles. The summed E-state index contributed by atoms with van der Waals surface area (Å²) >= 11 is 3.30. The second kappa shape index (κ2) is 4.11. The quantitative estimate of drug-likeness (QED) is 0.704. The molecule has 1 aromatic rings. The number of rotatable bonds is 0. The number of carbonyl (C=O) groups is 1. The minimum absolute atomic E-state index is 0.688. The van der Waals surface area contributed by atoms with Gasteiger partial charge in [0, 0.05) is 16.0 Å². The maximum Gasteiger partial charge on any atom is 0.382 e. The zero-order chi connectivity index (χ0) is 9.84. The Labute approximate surface area is 84.7 Å². The summed E-state index contributed by atoms with van der Waals surface area (Å²) in [5, 5.41) is 8.33. The fourth-order valence-electron chi connectivity index (χ4n) is 0.842. The Morgan fingerprint density at radius 1 is 1.54 bits per heavy atom. The van der Waals surface area contributed by atoms with Gasteiger partial charge >= 0.3 is 5.97 Å². The van der Waals surface area contributed by atoms with Crippen molar-refractivity contribution in [1.82, 2.24) is 0 Å². The molecule has 1 rings (SSSR count). The minimum atomic E-state index is -1.12. The maximum atomic E-state index is 10.2. The van der Waals surface area contributed by atoms with Crippen LogP contribution < -0.4 is 0 Å². The molecular formula is C10H7BrO2. The highest BCUT2D eigenvalue weighted by Crippen LogP contribution is 2.16. The van der Waals surface area contributed by atoms with Gasteiger partial charge in [0.05, 0.1) is 0 Å². The summed E-state index contributed by atoms with van der Waals surface area (Å²) in [5.41, 5.74) is 1.79. The molecule has 13 heavy (non-hydrogen) atoms. The molecule has 0 bridgehead atoms. The van der Waals surface area contributed by atoms with Gasteiger partial charge in [-0.2, -0.15) is 0 Å². The maximum absolute atomic E-state index is 10.2. The molecule has 0 saturated heterocycles. The van der Waals surface area contributed by atoms with Crippen molar-refractivity contribution in [3.8, 4) is 11.8 Å². The number of carboxylic acid groups (broad SMARTS) is 1. The molecule has 0 saturated carbocycles. The van der Waals surface area contributed by atoms with Gasteiger partial charge < -0.3 is 5.11 Å². The molecule has 2 nitrogen and oxygen atoms in total. The molecule has 0 radical (unpaired) electrons. The van der Waals surface area contributed by atoms with Gasteiger partial charge in [0.25, 0.3) is 0 Å². The number of hydrogen-bond donors (Lipinski definition) is 1. The molecule has 0 aliphatic carbocycles. The smallest absolute Gasteiger partial charge is 0.382 e. The first-order valence-electron chi connectivity index (χ1n) is 3.60. The molecule has 1 N–H and O–H groups in total. The van der Waals surface area contributed by atoms with Crippen molar-refractivity contribution in [2.24, 2.45) is 0 Å². The molecule has 0 heterocycles. The fraction of sp³-hybridized carbons (Fsp3) is 0.100. The number of carboxylic acids is 1. The lowest BCUT2D eigenvalue weighted by Gasteiger charge is -1.96. The van der Waals surface area contributed by atoms with Crippen LogP contribution in [0.1, 0.15) is 11.1 Å². The summed E-state index contributed by atoms with van der Waals surface area (Å²) in [6.45, 7) is 1.96. The molecule has 0 unspecified atom stereocenters. The van der Waals surface area contributed by atoms with E-state index < -0.39 is 5.97 Å². The summed E-state index contributed by atoms with van der Waals surface area (Å²) in [6.07, 6.45) is 0. The van der Waals surface area contributed by atoms with E-state index in [0.717, 1.165) is 10.0 Å². The first-order chi connectivity index (χ1) is 6.09. The van der Waals surface area contributed by atoms with E-state index in [2.05, 4.69) is 27.8 Å². The van der Waals surface area contributed by atoms with Crippen LogP contribution in [0.4, 0.5) is 0 Å². The predicted molar refractivity (Wildman–Crippen MR) is 53.4 cm³/mol. The van der Waals surface area contributed by atoms with Crippen LogP contribution in [-0.2, 0) is 4.79 Å². The van der Waals surface area contributed by atoms with E-state index >= 15 is 0 Å². The van der Waals surface area contributed by atoms with Gasteiger partial charge in [0.1, 0.15) is 0 Å². The Morgan fingerprint density at radius 2 is 2.23 bits per heavy atom. The van der Waals surface area contributed by atoms with E-state index in [0.29, 0.717) is 5.56 Å². The van der Waals surface area contributed by atoms with Crippen LogP contribution >= 0.6 is 15.9 Å². The SMILES string of the molecule is Cc1ccc(C#CC(=O)O)c(Br)c1. The molecule has 0 amide bonds. The Kier molecular flexibility index (Phi) is 3.10. The Hall–Kier alpha value is -1.27. The van der Waals surface area contributed by atoms with Gasteiger partial charge in [-0.25, -0.2) is 4.79 Å². The van der Waals surface area contributed by atoms with Crippen molar-refractivity contribution in [3.63, 3.8) is 0 Å². The second-order valence-electron chi connectivity index (χ2n) is 2.54. The highest BCUT2D eigenvalue weighted by molar-refractivity contribution is 9.10. The standard InChI is InChI=1S/C10H7BrO2/c1-7-2-3-8(9(11)6-7)4-5-10(12)13/h2-3,6H,1H3,(H,12,13). The Bertz CT molecular complexity index is 399. The zero-order valence-corrected chi connectivity index (χ0v) is 8.55. The van der Waals surface area contributed by atoms with Gasteiger partial charge in [-0.1, -0.05) is 12.0 Å². The van der Waals surface area contributed by atoms with Crippen LogP contribution in [-0.4, -0.2) is 11.1 Å². The van der Waals surface area contributed by atoms with Crippen LogP contribution in [0.25, 0.3) is 0 Å². The van der Waals surface area contributed by atoms with Crippen molar-refractivity contribution in [3.05, 3.63) is 33.8 Å². The average molecular weight is 239 g/mol. The molecule has 66 valence electrons. The summed E-state index contributed by atoms with van der Waals surface area (Å²) in [5.74, 6) is 3.48. The first-order valence-corrected chi connectivity index (χ1v) is 4.40. The van der Waals surface area contributed by atoms with E-state index in [1.165, 1.54) is 0 Å². The van der Waals surface area contributed by atoms with Crippen LogP contribution in [0, 0.1) is 18.8 Å². The molecule has 0 spiro atoms. The van der Waals surface area contributed by atoms with Crippen LogP contribution in [0.5, 0.6) is 0 Å². The lowest BCUT2D eigenvalue weighted by atomic mass is 10.1.